The van der Waals surface area contributed by atoms with Gasteiger partial charge in [0, 0.05) is 23.7 Å². The Bertz CT molecular complexity index is 1290. The van der Waals surface area contributed by atoms with Crippen LogP contribution in [0, 0.1) is 6.92 Å². The van der Waals surface area contributed by atoms with Gasteiger partial charge >= 0.3 is 0 Å². The second kappa shape index (κ2) is 6.15. The van der Waals surface area contributed by atoms with Gasteiger partial charge in [-0.3, -0.25) is 0 Å². The van der Waals surface area contributed by atoms with E-state index in [9.17, 15) is 8.42 Å². The van der Waals surface area contributed by atoms with E-state index in [0.717, 1.165) is 36.0 Å². The number of nitrogens with zero attached hydrogens (tertiary/aromatic N) is 3. The SMILES string of the molecule is Cc1nc2c(S(=O)(=O)c3ccccc3)nc3[nH]ccc3c2n1C1CCC(N)C1. The van der Waals surface area contributed by atoms with Crippen LogP contribution in [-0.4, -0.2) is 34.0 Å². The molecule has 0 radical (unpaired) electrons. The van der Waals surface area contributed by atoms with Crippen LogP contribution in [0.5, 0.6) is 0 Å². The number of nitrogens with one attached hydrogen (secondary N) is 1. The third-order valence-electron chi connectivity index (χ3n) is 5.60. The van der Waals surface area contributed by atoms with E-state index >= 15 is 0 Å². The first kappa shape index (κ1) is 17.4. The summed E-state index contributed by atoms with van der Waals surface area (Å²) >= 11 is 0. The molecular weight excluding hydrogens is 374 g/mol. The first-order valence-electron chi connectivity index (χ1n) is 9.38. The maximum absolute atomic E-state index is 13.4. The highest BCUT2D eigenvalue weighted by molar-refractivity contribution is 7.91. The third-order valence-corrected chi connectivity index (χ3v) is 7.29. The Labute approximate surface area is 162 Å². The molecule has 0 saturated heterocycles. The van der Waals surface area contributed by atoms with E-state index in [1.54, 1.807) is 36.5 Å². The first-order valence-corrected chi connectivity index (χ1v) is 10.9. The number of nitrogens with two attached hydrogens (primary N) is 1. The molecule has 1 saturated carbocycles. The summed E-state index contributed by atoms with van der Waals surface area (Å²) in [5, 5.41) is 0.871. The van der Waals surface area contributed by atoms with Crippen molar-refractivity contribution in [1.82, 2.24) is 19.5 Å². The summed E-state index contributed by atoms with van der Waals surface area (Å²) in [7, 11) is -3.80. The van der Waals surface area contributed by atoms with Crippen LogP contribution in [0.15, 0.2) is 52.5 Å². The molecule has 5 rings (SSSR count). The maximum Gasteiger partial charge on any atom is 0.226 e. The van der Waals surface area contributed by atoms with E-state index in [-0.39, 0.29) is 22.0 Å². The third kappa shape index (κ3) is 2.48. The van der Waals surface area contributed by atoms with Crippen LogP contribution >= 0.6 is 0 Å². The molecule has 7 nitrogen and oxygen atoms in total. The van der Waals surface area contributed by atoms with Crippen molar-refractivity contribution in [3.8, 4) is 0 Å². The molecule has 1 fully saturated rings. The van der Waals surface area contributed by atoms with Gasteiger partial charge in [0.15, 0.2) is 5.03 Å². The molecule has 4 aromatic rings. The predicted octanol–water partition coefficient (Wildman–Crippen LogP) is 3.11. The fourth-order valence-electron chi connectivity index (χ4n) is 4.32. The normalized spacial score (nSPS) is 20.4. The smallest absolute Gasteiger partial charge is 0.226 e. The highest BCUT2D eigenvalue weighted by Gasteiger charge is 2.31. The number of pyridine rings is 1. The molecule has 8 heteroatoms. The molecule has 0 amide bonds. The first-order chi connectivity index (χ1) is 13.5. The number of sulfone groups is 1. The Hall–Kier alpha value is -2.71. The Morgan fingerprint density at radius 3 is 2.64 bits per heavy atom. The van der Waals surface area contributed by atoms with Crippen molar-refractivity contribution in [3.05, 3.63) is 48.4 Å². The van der Waals surface area contributed by atoms with Gasteiger partial charge in [0.25, 0.3) is 0 Å². The standard InChI is InChI=1S/C20H21N5O2S/c1-12-23-17-18(25(12)14-8-7-13(21)11-14)16-9-10-22-19(16)24-20(17)28(26,27)15-5-3-2-4-6-15/h2-6,9-10,13-14H,7-8,11,21H2,1H3,(H,22,24). The Morgan fingerprint density at radius 1 is 1.14 bits per heavy atom. The summed E-state index contributed by atoms with van der Waals surface area (Å²) in [5.41, 5.74) is 7.93. The van der Waals surface area contributed by atoms with Crippen molar-refractivity contribution < 1.29 is 8.42 Å². The van der Waals surface area contributed by atoms with E-state index in [2.05, 4.69) is 19.5 Å². The van der Waals surface area contributed by atoms with Crippen LogP contribution in [-0.2, 0) is 9.84 Å². The van der Waals surface area contributed by atoms with Gasteiger partial charge in [0.1, 0.15) is 17.0 Å². The number of imidazole rings is 1. The molecule has 2 atom stereocenters. The summed E-state index contributed by atoms with van der Waals surface area (Å²) in [6.07, 6.45) is 4.56. The minimum atomic E-state index is -3.80. The minimum Gasteiger partial charge on any atom is -0.346 e. The zero-order valence-corrected chi connectivity index (χ0v) is 16.3. The second-order valence-electron chi connectivity index (χ2n) is 7.43. The molecule has 144 valence electrons. The second-order valence-corrected chi connectivity index (χ2v) is 9.29. The van der Waals surface area contributed by atoms with Gasteiger partial charge in [-0.2, -0.15) is 0 Å². The fourth-order valence-corrected chi connectivity index (χ4v) is 5.67. The zero-order chi connectivity index (χ0) is 19.5. The lowest BCUT2D eigenvalue weighted by atomic mass is 10.2. The Kier molecular flexibility index (Phi) is 3.82. The lowest BCUT2D eigenvalue weighted by molar-refractivity contribution is 0.512. The zero-order valence-electron chi connectivity index (χ0n) is 15.5. The van der Waals surface area contributed by atoms with Crippen molar-refractivity contribution >= 4 is 31.9 Å². The molecule has 2 unspecified atom stereocenters. The van der Waals surface area contributed by atoms with E-state index in [1.807, 2.05) is 13.0 Å². The van der Waals surface area contributed by atoms with Crippen LogP contribution in [0.4, 0.5) is 0 Å². The van der Waals surface area contributed by atoms with Crippen molar-refractivity contribution in [2.24, 2.45) is 5.73 Å². The summed E-state index contributed by atoms with van der Waals surface area (Å²) < 4.78 is 28.9. The van der Waals surface area contributed by atoms with Gasteiger partial charge in [-0.25, -0.2) is 18.4 Å². The topological polar surface area (TPSA) is 107 Å². The van der Waals surface area contributed by atoms with Crippen molar-refractivity contribution in [2.75, 3.05) is 0 Å². The number of rotatable bonds is 3. The highest BCUT2D eigenvalue weighted by Crippen LogP contribution is 2.38. The van der Waals surface area contributed by atoms with Crippen LogP contribution in [0.25, 0.3) is 22.1 Å². The number of aromatic nitrogens is 4. The Balaban J connectivity index is 1.84. The number of aryl methyl sites for hydroxylation is 1. The van der Waals surface area contributed by atoms with Crippen molar-refractivity contribution in [3.63, 3.8) is 0 Å². The summed E-state index contributed by atoms with van der Waals surface area (Å²) in [5.74, 6) is 0.786. The largest absolute Gasteiger partial charge is 0.346 e. The van der Waals surface area contributed by atoms with Gasteiger partial charge in [-0.15, -0.1) is 0 Å². The number of hydrogen-bond acceptors (Lipinski definition) is 5. The Morgan fingerprint density at radius 2 is 1.93 bits per heavy atom. The van der Waals surface area contributed by atoms with Gasteiger partial charge in [0.05, 0.1) is 10.4 Å². The molecule has 1 aromatic carbocycles. The molecule has 0 spiro atoms. The summed E-state index contributed by atoms with van der Waals surface area (Å²) in [4.78, 5) is 12.4. The van der Waals surface area contributed by atoms with Crippen molar-refractivity contribution in [2.45, 2.75) is 48.2 Å². The van der Waals surface area contributed by atoms with Gasteiger partial charge in [-0.1, -0.05) is 18.2 Å². The summed E-state index contributed by atoms with van der Waals surface area (Å²) in [6.45, 7) is 1.92. The maximum atomic E-state index is 13.4. The molecule has 28 heavy (non-hydrogen) atoms. The van der Waals surface area contributed by atoms with Crippen LogP contribution in [0.3, 0.4) is 0 Å². The number of fused-ring (bicyclic) bond motifs is 3. The predicted molar refractivity (Wildman–Crippen MR) is 107 cm³/mol. The minimum absolute atomic E-state index is 0.00667. The average Bonchev–Trinajstić information content (AvgIpc) is 3.39. The number of benzene rings is 1. The average molecular weight is 395 g/mol. The highest BCUT2D eigenvalue weighted by atomic mass is 32.2. The van der Waals surface area contributed by atoms with E-state index < -0.39 is 9.84 Å². The van der Waals surface area contributed by atoms with Crippen LogP contribution in [0.1, 0.15) is 31.1 Å². The van der Waals surface area contributed by atoms with Crippen LogP contribution < -0.4 is 5.73 Å². The quantitative estimate of drug-likeness (QED) is 0.554. The molecule has 3 aromatic heterocycles. The van der Waals surface area contributed by atoms with Gasteiger partial charge < -0.3 is 15.3 Å². The molecule has 3 N–H and O–H groups in total. The van der Waals surface area contributed by atoms with E-state index in [1.165, 1.54) is 0 Å². The molecule has 0 bridgehead atoms. The van der Waals surface area contributed by atoms with Gasteiger partial charge in [0.2, 0.25) is 9.84 Å². The molecule has 1 aliphatic carbocycles. The van der Waals surface area contributed by atoms with E-state index in [0.29, 0.717) is 11.2 Å². The molecule has 1 aliphatic rings. The van der Waals surface area contributed by atoms with Crippen LogP contribution in [0.2, 0.25) is 0 Å². The number of hydrogen-bond donors (Lipinski definition) is 2. The van der Waals surface area contributed by atoms with Crippen molar-refractivity contribution in [1.29, 1.82) is 0 Å². The number of aromatic amines is 1. The molecular formula is C20H21N5O2S. The molecule has 3 heterocycles. The lowest BCUT2D eigenvalue weighted by Crippen LogP contribution is -2.16. The lowest BCUT2D eigenvalue weighted by Gasteiger charge is -2.16. The van der Waals surface area contributed by atoms with E-state index in [4.69, 9.17) is 5.73 Å². The summed E-state index contributed by atoms with van der Waals surface area (Å²) in [6, 6.07) is 10.7. The molecule has 0 aliphatic heterocycles. The fraction of sp³-hybridized carbons (Fsp3) is 0.300. The monoisotopic (exact) mass is 395 g/mol. The van der Waals surface area contributed by atoms with Gasteiger partial charge in [-0.05, 0) is 44.4 Å². The number of H-pyrrole nitrogens is 1.